The van der Waals surface area contributed by atoms with E-state index in [-0.39, 0.29) is 18.2 Å². The van der Waals surface area contributed by atoms with Crippen molar-refractivity contribution < 1.29 is 14.4 Å². The molecule has 0 aromatic carbocycles. The lowest BCUT2D eigenvalue weighted by Crippen LogP contribution is -2.13. The second kappa shape index (κ2) is 3.98. The average Bonchev–Trinajstić information content (AvgIpc) is 2.72. The van der Waals surface area contributed by atoms with E-state index in [1.54, 1.807) is 0 Å². The molecule has 1 aromatic heterocycles. The second-order valence-corrected chi connectivity index (χ2v) is 3.86. The van der Waals surface area contributed by atoms with Gasteiger partial charge in [-0.2, -0.15) is 4.98 Å². The van der Waals surface area contributed by atoms with Gasteiger partial charge in [0.2, 0.25) is 5.89 Å². The van der Waals surface area contributed by atoms with Gasteiger partial charge in [0, 0.05) is 12.5 Å². The van der Waals surface area contributed by atoms with E-state index in [0.29, 0.717) is 5.82 Å². The Balaban J connectivity index is 2.03. The van der Waals surface area contributed by atoms with Crippen molar-refractivity contribution in [1.82, 2.24) is 15.0 Å². The molecule has 1 unspecified atom stereocenters. The minimum Gasteiger partial charge on any atom is -0.481 e. The van der Waals surface area contributed by atoms with E-state index in [1.165, 1.54) is 0 Å². The Morgan fingerprint density at radius 2 is 2.53 bits per heavy atom. The van der Waals surface area contributed by atoms with Crippen LogP contribution < -0.4 is 0 Å². The molecule has 82 valence electrons. The van der Waals surface area contributed by atoms with Crippen molar-refractivity contribution >= 4 is 5.97 Å². The van der Waals surface area contributed by atoms with Crippen molar-refractivity contribution in [2.24, 2.45) is 0 Å². The lowest BCUT2D eigenvalue weighted by Gasteiger charge is -2.05. The van der Waals surface area contributed by atoms with Crippen LogP contribution in [-0.2, 0) is 11.2 Å². The lowest BCUT2D eigenvalue weighted by molar-refractivity contribution is -0.136. The van der Waals surface area contributed by atoms with Crippen LogP contribution in [0.4, 0.5) is 0 Å². The van der Waals surface area contributed by atoms with Gasteiger partial charge in [0.15, 0.2) is 5.82 Å². The van der Waals surface area contributed by atoms with E-state index in [4.69, 9.17) is 9.63 Å². The predicted molar refractivity (Wildman–Crippen MR) is 50.5 cm³/mol. The Kier molecular flexibility index (Phi) is 2.68. The van der Waals surface area contributed by atoms with Gasteiger partial charge in [-0.3, -0.25) is 4.79 Å². The first-order valence-electron chi connectivity index (χ1n) is 4.88. The highest BCUT2D eigenvalue weighted by Gasteiger charge is 2.25. The second-order valence-electron chi connectivity index (χ2n) is 3.86. The molecule has 1 saturated heterocycles. The quantitative estimate of drug-likeness (QED) is 0.764. The number of likely N-dealkylation sites (tertiary alicyclic amines) is 1. The molecule has 0 saturated carbocycles. The molecule has 0 radical (unpaired) electrons. The van der Waals surface area contributed by atoms with Crippen LogP contribution in [0.25, 0.3) is 0 Å². The van der Waals surface area contributed by atoms with Gasteiger partial charge in [-0.15, -0.1) is 0 Å². The number of aromatic nitrogens is 2. The predicted octanol–water partition coefficient (Wildman–Crippen LogP) is 0.116. The molecule has 6 nitrogen and oxygen atoms in total. The zero-order valence-electron chi connectivity index (χ0n) is 8.51. The third-order valence-electron chi connectivity index (χ3n) is 2.54. The number of nitrogens with zero attached hydrogens (tertiary/aromatic N) is 3. The van der Waals surface area contributed by atoms with Crippen LogP contribution >= 0.6 is 0 Å². The minimum absolute atomic E-state index is 0.187. The first-order valence-corrected chi connectivity index (χ1v) is 4.88. The van der Waals surface area contributed by atoms with Gasteiger partial charge in [0.05, 0.1) is 0 Å². The fourth-order valence-electron chi connectivity index (χ4n) is 1.78. The van der Waals surface area contributed by atoms with Crippen molar-refractivity contribution in [1.29, 1.82) is 0 Å². The molecule has 1 aromatic rings. The van der Waals surface area contributed by atoms with Crippen molar-refractivity contribution in [3.63, 3.8) is 0 Å². The Bertz CT molecular complexity index is 363. The number of carboxylic acids is 1. The van der Waals surface area contributed by atoms with Crippen LogP contribution in [0.2, 0.25) is 0 Å². The standard InChI is InChI=1S/C9H13N3O3/c1-12-3-2-6(5-12)9-10-7(15-11-9)4-8(13)14/h6H,2-5H2,1H3,(H,13,14). The molecule has 15 heavy (non-hydrogen) atoms. The van der Waals surface area contributed by atoms with Crippen LogP contribution in [-0.4, -0.2) is 46.3 Å². The summed E-state index contributed by atoms with van der Waals surface area (Å²) in [4.78, 5) is 16.7. The SMILES string of the molecule is CN1CCC(c2noc(CC(=O)O)n2)C1. The summed E-state index contributed by atoms with van der Waals surface area (Å²) in [6.45, 7) is 1.93. The van der Waals surface area contributed by atoms with Crippen LogP contribution in [0, 0.1) is 0 Å². The normalized spacial score (nSPS) is 22.1. The van der Waals surface area contributed by atoms with E-state index in [1.807, 2.05) is 7.05 Å². The number of rotatable bonds is 3. The highest BCUT2D eigenvalue weighted by atomic mass is 16.5. The third kappa shape index (κ3) is 2.33. The number of carboxylic acid groups (broad SMARTS) is 1. The van der Waals surface area contributed by atoms with Crippen LogP contribution in [0.5, 0.6) is 0 Å². The van der Waals surface area contributed by atoms with Crippen LogP contribution in [0.15, 0.2) is 4.52 Å². The summed E-state index contributed by atoms with van der Waals surface area (Å²) in [7, 11) is 2.04. The molecule has 1 aliphatic heterocycles. The lowest BCUT2D eigenvalue weighted by atomic mass is 10.1. The molecule has 0 spiro atoms. The van der Waals surface area contributed by atoms with Crippen molar-refractivity contribution in [3.8, 4) is 0 Å². The van der Waals surface area contributed by atoms with Gasteiger partial charge >= 0.3 is 5.97 Å². The summed E-state index contributed by atoms with van der Waals surface area (Å²) in [5.41, 5.74) is 0. The number of hydrogen-bond acceptors (Lipinski definition) is 5. The Morgan fingerprint density at radius 1 is 1.73 bits per heavy atom. The number of hydrogen-bond donors (Lipinski definition) is 1. The zero-order valence-corrected chi connectivity index (χ0v) is 8.51. The highest BCUT2D eigenvalue weighted by molar-refractivity contribution is 5.68. The molecule has 1 N–H and O–H groups in total. The maximum Gasteiger partial charge on any atom is 0.312 e. The zero-order chi connectivity index (χ0) is 10.8. The fourth-order valence-corrected chi connectivity index (χ4v) is 1.78. The first-order chi connectivity index (χ1) is 7.15. The molecule has 2 heterocycles. The summed E-state index contributed by atoms with van der Waals surface area (Å²) in [5, 5.41) is 12.4. The Morgan fingerprint density at radius 3 is 3.13 bits per heavy atom. The molecule has 2 rings (SSSR count). The smallest absolute Gasteiger partial charge is 0.312 e. The molecular weight excluding hydrogens is 198 g/mol. The molecule has 1 aliphatic rings. The van der Waals surface area contributed by atoms with Gasteiger partial charge < -0.3 is 14.5 Å². The molecule has 6 heteroatoms. The van der Waals surface area contributed by atoms with E-state index in [9.17, 15) is 4.79 Å². The first kappa shape index (κ1) is 10.1. The molecule has 0 aliphatic carbocycles. The summed E-state index contributed by atoms with van der Waals surface area (Å²) in [5.74, 6) is 0.151. The van der Waals surface area contributed by atoms with E-state index in [0.717, 1.165) is 19.5 Å². The minimum atomic E-state index is -0.950. The summed E-state index contributed by atoms with van der Waals surface area (Å²) in [6.07, 6.45) is 0.804. The van der Waals surface area contributed by atoms with Crippen LogP contribution in [0.1, 0.15) is 24.1 Å². The number of carbonyl (C=O) groups is 1. The Hall–Kier alpha value is -1.43. The van der Waals surface area contributed by atoms with E-state index < -0.39 is 5.97 Å². The molecular formula is C9H13N3O3. The molecule has 1 atom stereocenters. The molecule has 0 bridgehead atoms. The summed E-state index contributed by atoms with van der Waals surface area (Å²) < 4.78 is 4.86. The largest absolute Gasteiger partial charge is 0.481 e. The van der Waals surface area contributed by atoms with E-state index >= 15 is 0 Å². The van der Waals surface area contributed by atoms with Gasteiger partial charge in [0.25, 0.3) is 0 Å². The van der Waals surface area contributed by atoms with Crippen molar-refractivity contribution in [2.75, 3.05) is 20.1 Å². The average molecular weight is 211 g/mol. The Labute approximate surface area is 86.9 Å². The van der Waals surface area contributed by atoms with Crippen molar-refractivity contribution in [3.05, 3.63) is 11.7 Å². The third-order valence-corrected chi connectivity index (χ3v) is 2.54. The molecule has 0 amide bonds. The van der Waals surface area contributed by atoms with Gasteiger partial charge in [-0.05, 0) is 20.0 Å². The number of aliphatic carboxylic acids is 1. The fraction of sp³-hybridized carbons (Fsp3) is 0.667. The topological polar surface area (TPSA) is 79.5 Å². The van der Waals surface area contributed by atoms with Crippen molar-refractivity contribution in [2.45, 2.75) is 18.8 Å². The summed E-state index contributed by atoms with van der Waals surface area (Å²) in [6, 6.07) is 0. The monoisotopic (exact) mass is 211 g/mol. The van der Waals surface area contributed by atoms with Gasteiger partial charge in [-0.1, -0.05) is 5.16 Å². The maximum absolute atomic E-state index is 10.4. The van der Waals surface area contributed by atoms with Gasteiger partial charge in [0.1, 0.15) is 6.42 Å². The molecule has 1 fully saturated rings. The maximum atomic E-state index is 10.4. The highest BCUT2D eigenvalue weighted by Crippen LogP contribution is 2.23. The summed E-state index contributed by atoms with van der Waals surface area (Å²) >= 11 is 0. The number of likely N-dealkylation sites (N-methyl/N-ethyl adjacent to an activating group) is 1. The van der Waals surface area contributed by atoms with E-state index in [2.05, 4.69) is 15.0 Å². The van der Waals surface area contributed by atoms with Gasteiger partial charge in [-0.25, -0.2) is 0 Å². The van der Waals surface area contributed by atoms with Crippen LogP contribution in [0.3, 0.4) is 0 Å².